The molecule has 2 aromatic rings. The van der Waals surface area contributed by atoms with Gasteiger partial charge in [0.1, 0.15) is 5.69 Å². The van der Waals surface area contributed by atoms with Crippen LogP contribution in [0.15, 0.2) is 41.0 Å². The van der Waals surface area contributed by atoms with Gasteiger partial charge in [-0.1, -0.05) is 11.6 Å². The first-order valence-electron chi connectivity index (χ1n) is 5.57. The first kappa shape index (κ1) is 15.8. The molecule has 1 N–H and O–H groups in total. The van der Waals surface area contributed by atoms with Gasteiger partial charge in [-0.2, -0.15) is 13.2 Å². The largest absolute Gasteiger partial charge is 0.417 e. The lowest BCUT2D eigenvalue weighted by Crippen LogP contribution is -2.15. The third-order valence-corrected chi connectivity index (χ3v) is 3.39. The van der Waals surface area contributed by atoms with E-state index in [1.807, 2.05) is 0 Å². The lowest BCUT2D eigenvalue weighted by molar-refractivity contribution is -0.137. The maximum Gasteiger partial charge on any atom is 0.417 e. The fourth-order valence-electron chi connectivity index (χ4n) is 1.47. The first-order chi connectivity index (χ1) is 9.77. The van der Waals surface area contributed by atoms with Gasteiger partial charge in [-0.25, -0.2) is 0 Å². The van der Waals surface area contributed by atoms with Crippen molar-refractivity contribution in [3.63, 3.8) is 0 Å². The standard InChI is InChI=1S/C13H7BrClF3N2O/c14-9-5-8(15)2-4-10(9)20-12(21)11-3-1-7(6-19-11)13(16,17)18/h1-6H,(H,20,21). The van der Waals surface area contributed by atoms with Crippen molar-refractivity contribution in [2.75, 3.05) is 5.32 Å². The molecule has 0 bridgehead atoms. The van der Waals surface area contributed by atoms with Crippen LogP contribution in [0.1, 0.15) is 16.1 Å². The van der Waals surface area contributed by atoms with Crippen molar-refractivity contribution in [3.05, 3.63) is 57.3 Å². The molecule has 0 atom stereocenters. The number of aromatic nitrogens is 1. The molecule has 0 aliphatic carbocycles. The van der Waals surface area contributed by atoms with Crippen LogP contribution in [0.3, 0.4) is 0 Å². The molecular weight excluding hydrogens is 373 g/mol. The van der Waals surface area contributed by atoms with Crippen molar-refractivity contribution < 1.29 is 18.0 Å². The van der Waals surface area contributed by atoms with Crippen molar-refractivity contribution >= 4 is 39.1 Å². The summed E-state index contributed by atoms with van der Waals surface area (Å²) >= 11 is 8.99. The number of alkyl halides is 3. The molecule has 1 aromatic carbocycles. The number of carbonyl (C=O) groups is 1. The average Bonchev–Trinajstić information content (AvgIpc) is 2.41. The van der Waals surface area contributed by atoms with E-state index in [2.05, 4.69) is 26.2 Å². The average molecular weight is 380 g/mol. The molecular formula is C13H7BrClF3N2O. The van der Waals surface area contributed by atoms with Gasteiger partial charge in [-0.05, 0) is 46.3 Å². The highest BCUT2D eigenvalue weighted by Crippen LogP contribution is 2.29. The van der Waals surface area contributed by atoms with Gasteiger partial charge in [0.2, 0.25) is 0 Å². The van der Waals surface area contributed by atoms with E-state index in [0.29, 0.717) is 21.4 Å². The lowest BCUT2D eigenvalue weighted by atomic mass is 10.2. The van der Waals surface area contributed by atoms with Crippen molar-refractivity contribution in [1.29, 1.82) is 0 Å². The van der Waals surface area contributed by atoms with Gasteiger partial charge in [0, 0.05) is 15.7 Å². The van der Waals surface area contributed by atoms with Gasteiger partial charge in [-0.3, -0.25) is 9.78 Å². The van der Waals surface area contributed by atoms with Gasteiger partial charge < -0.3 is 5.32 Å². The van der Waals surface area contributed by atoms with Gasteiger partial charge in [0.15, 0.2) is 0 Å². The number of rotatable bonds is 2. The zero-order valence-corrected chi connectivity index (χ0v) is 12.6. The topological polar surface area (TPSA) is 42.0 Å². The molecule has 0 fully saturated rings. The first-order valence-corrected chi connectivity index (χ1v) is 6.74. The normalized spacial score (nSPS) is 11.3. The number of carbonyl (C=O) groups excluding carboxylic acids is 1. The maximum absolute atomic E-state index is 12.4. The minimum atomic E-state index is -4.48. The number of nitrogens with one attached hydrogen (secondary N) is 1. The summed E-state index contributed by atoms with van der Waals surface area (Å²) in [6, 6.07) is 6.54. The summed E-state index contributed by atoms with van der Waals surface area (Å²) in [5, 5.41) is 3.00. The highest BCUT2D eigenvalue weighted by Gasteiger charge is 2.30. The zero-order valence-electron chi connectivity index (χ0n) is 10.2. The summed E-state index contributed by atoms with van der Waals surface area (Å²) < 4.78 is 37.7. The number of nitrogens with zero attached hydrogens (tertiary/aromatic N) is 1. The SMILES string of the molecule is O=C(Nc1ccc(Cl)cc1Br)c1ccc(C(F)(F)F)cn1. The number of pyridine rings is 1. The Morgan fingerprint density at radius 2 is 1.95 bits per heavy atom. The second-order valence-electron chi connectivity index (χ2n) is 4.01. The van der Waals surface area contributed by atoms with Crippen molar-refractivity contribution in [2.24, 2.45) is 0 Å². The summed E-state index contributed by atoms with van der Waals surface area (Å²) in [7, 11) is 0. The Kier molecular flexibility index (Phi) is 4.53. The Balaban J connectivity index is 2.17. The minimum Gasteiger partial charge on any atom is -0.320 e. The summed E-state index contributed by atoms with van der Waals surface area (Å²) in [6.07, 6.45) is -3.87. The minimum absolute atomic E-state index is 0.121. The van der Waals surface area contributed by atoms with E-state index in [1.54, 1.807) is 18.2 Å². The summed E-state index contributed by atoms with van der Waals surface area (Å²) in [5.74, 6) is -0.619. The highest BCUT2D eigenvalue weighted by atomic mass is 79.9. The number of hydrogen-bond donors (Lipinski definition) is 1. The lowest BCUT2D eigenvalue weighted by Gasteiger charge is -2.09. The van der Waals surface area contributed by atoms with E-state index in [-0.39, 0.29) is 5.69 Å². The predicted octanol–water partition coefficient (Wildman–Crippen LogP) is 4.77. The summed E-state index contributed by atoms with van der Waals surface area (Å²) in [4.78, 5) is 15.4. The van der Waals surface area contributed by atoms with Crippen molar-refractivity contribution in [2.45, 2.75) is 6.18 Å². The third-order valence-electron chi connectivity index (χ3n) is 2.50. The monoisotopic (exact) mass is 378 g/mol. The van der Waals surface area contributed by atoms with Crippen LogP contribution in [0.5, 0.6) is 0 Å². The molecule has 0 unspecified atom stereocenters. The van der Waals surface area contributed by atoms with E-state index in [4.69, 9.17) is 11.6 Å². The molecule has 0 saturated carbocycles. The molecule has 2 rings (SSSR count). The fraction of sp³-hybridized carbons (Fsp3) is 0.0769. The second-order valence-corrected chi connectivity index (χ2v) is 5.30. The van der Waals surface area contributed by atoms with E-state index in [0.717, 1.165) is 12.1 Å². The predicted molar refractivity (Wildman–Crippen MR) is 76.3 cm³/mol. The molecule has 1 aromatic heterocycles. The number of halogens is 5. The molecule has 0 aliphatic rings. The van der Waals surface area contributed by atoms with Gasteiger partial charge in [-0.15, -0.1) is 0 Å². The zero-order chi connectivity index (χ0) is 15.6. The molecule has 21 heavy (non-hydrogen) atoms. The second kappa shape index (κ2) is 6.03. The number of hydrogen-bond acceptors (Lipinski definition) is 2. The molecule has 0 radical (unpaired) electrons. The highest BCUT2D eigenvalue weighted by molar-refractivity contribution is 9.10. The summed E-state index contributed by atoms with van der Waals surface area (Å²) in [6.45, 7) is 0. The van der Waals surface area contributed by atoms with Gasteiger partial charge in [0.25, 0.3) is 5.91 Å². The molecule has 110 valence electrons. The van der Waals surface area contributed by atoms with Crippen molar-refractivity contribution in [3.8, 4) is 0 Å². The van der Waals surface area contributed by atoms with E-state index >= 15 is 0 Å². The Morgan fingerprint density at radius 3 is 2.48 bits per heavy atom. The van der Waals surface area contributed by atoms with E-state index in [9.17, 15) is 18.0 Å². The number of benzene rings is 1. The molecule has 8 heteroatoms. The van der Waals surface area contributed by atoms with Gasteiger partial charge in [0.05, 0.1) is 11.3 Å². The van der Waals surface area contributed by atoms with Crippen LogP contribution in [-0.2, 0) is 6.18 Å². The van der Waals surface area contributed by atoms with Crippen LogP contribution in [0.2, 0.25) is 5.02 Å². The molecule has 0 spiro atoms. The van der Waals surface area contributed by atoms with Crippen LogP contribution in [0.4, 0.5) is 18.9 Å². The van der Waals surface area contributed by atoms with Crippen LogP contribution < -0.4 is 5.32 Å². The smallest absolute Gasteiger partial charge is 0.320 e. The number of anilines is 1. The summed E-state index contributed by atoms with van der Waals surface area (Å²) in [5.41, 5.74) is -0.595. The molecule has 1 amide bonds. The van der Waals surface area contributed by atoms with E-state index in [1.165, 1.54) is 0 Å². The number of amides is 1. The molecule has 0 saturated heterocycles. The van der Waals surface area contributed by atoms with E-state index < -0.39 is 17.6 Å². The molecule has 3 nitrogen and oxygen atoms in total. The van der Waals surface area contributed by atoms with Crippen LogP contribution >= 0.6 is 27.5 Å². The third kappa shape index (κ3) is 3.95. The van der Waals surface area contributed by atoms with Crippen LogP contribution in [0, 0.1) is 0 Å². The van der Waals surface area contributed by atoms with Gasteiger partial charge >= 0.3 is 6.18 Å². The van der Waals surface area contributed by atoms with Crippen LogP contribution in [0.25, 0.3) is 0 Å². The Morgan fingerprint density at radius 1 is 1.24 bits per heavy atom. The Bertz CT molecular complexity index is 674. The molecule has 0 aliphatic heterocycles. The van der Waals surface area contributed by atoms with Crippen LogP contribution in [-0.4, -0.2) is 10.9 Å². The Hall–Kier alpha value is -1.60. The van der Waals surface area contributed by atoms with Crippen molar-refractivity contribution in [1.82, 2.24) is 4.98 Å². The maximum atomic E-state index is 12.4. The molecule has 1 heterocycles. The fourth-order valence-corrected chi connectivity index (χ4v) is 2.25. The Labute approximate surface area is 131 Å². The quantitative estimate of drug-likeness (QED) is 0.817.